The highest BCUT2D eigenvalue weighted by Gasteiger charge is 2.11. The Bertz CT molecular complexity index is 601. The van der Waals surface area contributed by atoms with Crippen LogP contribution in [0.2, 0.25) is 0 Å². The maximum absolute atomic E-state index is 11.0. The standard InChI is InChI=1S/C10H10ClNO2S/c1-12-6-5-8-3-2-4-9(10(8)12)7-15(11,13)14/h2-6H,7H2,1H3. The molecule has 1 aromatic carbocycles. The third-order valence-corrected chi connectivity index (χ3v) is 3.29. The lowest BCUT2D eigenvalue weighted by molar-refractivity contribution is 0.609. The molecule has 2 rings (SSSR count). The zero-order chi connectivity index (χ0) is 11.1. The molecule has 0 N–H and O–H groups in total. The summed E-state index contributed by atoms with van der Waals surface area (Å²) >= 11 is 0. The van der Waals surface area contributed by atoms with Gasteiger partial charge >= 0.3 is 0 Å². The van der Waals surface area contributed by atoms with E-state index in [1.807, 2.05) is 36.0 Å². The van der Waals surface area contributed by atoms with Crippen LogP contribution in [0.15, 0.2) is 30.5 Å². The number of benzene rings is 1. The molecule has 0 fully saturated rings. The largest absolute Gasteiger partial charge is 0.350 e. The van der Waals surface area contributed by atoms with Gasteiger partial charge in [-0.3, -0.25) is 0 Å². The Morgan fingerprint density at radius 3 is 2.73 bits per heavy atom. The van der Waals surface area contributed by atoms with Gasteiger partial charge in [0.05, 0.1) is 11.3 Å². The summed E-state index contributed by atoms with van der Waals surface area (Å²) in [5.41, 5.74) is 1.65. The normalized spacial score (nSPS) is 12.1. The lowest BCUT2D eigenvalue weighted by Crippen LogP contribution is -1.98. The molecule has 0 atom stereocenters. The number of fused-ring (bicyclic) bond motifs is 1. The number of hydrogen-bond acceptors (Lipinski definition) is 2. The van der Waals surface area contributed by atoms with Gasteiger partial charge in [0.25, 0.3) is 0 Å². The van der Waals surface area contributed by atoms with E-state index in [0.717, 1.165) is 16.5 Å². The van der Waals surface area contributed by atoms with Crippen molar-refractivity contribution in [2.24, 2.45) is 7.05 Å². The average Bonchev–Trinajstić information content (AvgIpc) is 2.46. The molecule has 0 amide bonds. The Balaban J connectivity index is 2.65. The van der Waals surface area contributed by atoms with Crippen LogP contribution in [-0.4, -0.2) is 13.0 Å². The van der Waals surface area contributed by atoms with E-state index in [1.165, 1.54) is 0 Å². The van der Waals surface area contributed by atoms with Crippen molar-refractivity contribution in [1.29, 1.82) is 0 Å². The molecular weight excluding hydrogens is 234 g/mol. The summed E-state index contributed by atoms with van der Waals surface area (Å²) in [6, 6.07) is 7.50. The van der Waals surface area contributed by atoms with Gasteiger partial charge in [-0.15, -0.1) is 0 Å². The van der Waals surface area contributed by atoms with E-state index in [0.29, 0.717) is 0 Å². The van der Waals surface area contributed by atoms with Crippen LogP contribution in [0.4, 0.5) is 0 Å². The summed E-state index contributed by atoms with van der Waals surface area (Å²) in [6.07, 6.45) is 1.90. The van der Waals surface area contributed by atoms with Crippen molar-refractivity contribution in [2.45, 2.75) is 5.75 Å². The van der Waals surface area contributed by atoms with E-state index >= 15 is 0 Å². The number of para-hydroxylation sites is 1. The van der Waals surface area contributed by atoms with Crippen molar-refractivity contribution in [3.05, 3.63) is 36.0 Å². The van der Waals surface area contributed by atoms with E-state index in [9.17, 15) is 8.42 Å². The van der Waals surface area contributed by atoms with Gasteiger partial charge in [-0.25, -0.2) is 8.42 Å². The molecule has 0 radical (unpaired) electrons. The van der Waals surface area contributed by atoms with Crippen LogP contribution in [0.25, 0.3) is 10.9 Å². The molecule has 0 saturated heterocycles. The van der Waals surface area contributed by atoms with Gasteiger partial charge in [0, 0.05) is 23.9 Å². The number of rotatable bonds is 2. The third kappa shape index (κ3) is 2.16. The molecular formula is C10H10ClNO2S. The molecule has 80 valence electrons. The molecule has 1 heterocycles. The molecule has 0 unspecified atom stereocenters. The molecule has 0 spiro atoms. The van der Waals surface area contributed by atoms with Crippen molar-refractivity contribution < 1.29 is 8.42 Å². The quantitative estimate of drug-likeness (QED) is 0.759. The highest BCUT2D eigenvalue weighted by Crippen LogP contribution is 2.22. The topological polar surface area (TPSA) is 39.1 Å². The third-order valence-electron chi connectivity index (χ3n) is 2.31. The van der Waals surface area contributed by atoms with E-state index < -0.39 is 9.05 Å². The first-order valence-corrected chi connectivity index (χ1v) is 6.90. The average molecular weight is 244 g/mol. The van der Waals surface area contributed by atoms with E-state index in [-0.39, 0.29) is 5.75 Å². The Morgan fingerprint density at radius 2 is 2.07 bits per heavy atom. The van der Waals surface area contributed by atoms with Gasteiger partial charge in [-0.1, -0.05) is 18.2 Å². The summed E-state index contributed by atoms with van der Waals surface area (Å²) in [4.78, 5) is 0. The Morgan fingerprint density at radius 1 is 1.33 bits per heavy atom. The number of hydrogen-bond donors (Lipinski definition) is 0. The Hall–Kier alpha value is -1.00. The zero-order valence-electron chi connectivity index (χ0n) is 8.14. The minimum Gasteiger partial charge on any atom is -0.350 e. The smallest absolute Gasteiger partial charge is 0.236 e. The van der Waals surface area contributed by atoms with E-state index in [1.54, 1.807) is 6.07 Å². The van der Waals surface area contributed by atoms with Crippen molar-refractivity contribution in [2.75, 3.05) is 0 Å². The first-order chi connectivity index (χ1) is 6.97. The second-order valence-corrected chi connectivity index (χ2v) is 6.24. The van der Waals surface area contributed by atoms with Crippen LogP contribution in [0.1, 0.15) is 5.56 Å². The molecule has 0 aliphatic rings. The maximum Gasteiger partial charge on any atom is 0.236 e. The monoisotopic (exact) mass is 243 g/mol. The fourth-order valence-electron chi connectivity index (χ4n) is 1.74. The number of aryl methyl sites for hydroxylation is 1. The fraction of sp³-hybridized carbons (Fsp3) is 0.200. The van der Waals surface area contributed by atoms with Crippen LogP contribution in [0, 0.1) is 0 Å². The molecule has 0 aliphatic heterocycles. The van der Waals surface area contributed by atoms with Gasteiger partial charge < -0.3 is 4.57 Å². The van der Waals surface area contributed by atoms with Crippen molar-refractivity contribution in [1.82, 2.24) is 4.57 Å². The molecule has 2 aromatic rings. The molecule has 5 heteroatoms. The van der Waals surface area contributed by atoms with E-state index in [4.69, 9.17) is 10.7 Å². The van der Waals surface area contributed by atoms with Crippen molar-refractivity contribution >= 4 is 30.6 Å². The fourth-order valence-corrected chi connectivity index (χ4v) is 2.70. The zero-order valence-corrected chi connectivity index (χ0v) is 9.72. The number of halogens is 1. The summed E-state index contributed by atoms with van der Waals surface area (Å²) < 4.78 is 24.0. The van der Waals surface area contributed by atoms with Crippen LogP contribution < -0.4 is 0 Å². The molecule has 0 aliphatic carbocycles. The van der Waals surface area contributed by atoms with Crippen LogP contribution >= 0.6 is 10.7 Å². The number of nitrogens with zero attached hydrogens (tertiary/aromatic N) is 1. The molecule has 0 bridgehead atoms. The molecule has 15 heavy (non-hydrogen) atoms. The minimum absolute atomic E-state index is 0.135. The first-order valence-electron chi connectivity index (χ1n) is 4.42. The van der Waals surface area contributed by atoms with Crippen molar-refractivity contribution in [3.63, 3.8) is 0 Å². The van der Waals surface area contributed by atoms with Crippen LogP contribution in [-0.2, 0) is 21.9 Å². The highest BCUT2D eigenvalue weighted by molar-refractivity contribution is 8.13. The van der Waals surface area contributed by atoms with Gasteiger partial charge in [0.1, 0.15) is 0 Å². The lowest BCUT2D eigenvalue weighted by Gasteiger charge is -2.03. The SMILES string of the molecule is Cn1ccc2cccc(CS(=O)(=O)Cl)c21. The highest BCUT2D eigenvalue weighted by atomic mass is 35.7. The first kappa shape index (κ1) is 10.5. The number of aromatic nitrogens is 1. The van der Waals surface area contributed by atoms with Crippen LogP contribution in [0.3, 0.4) is 0 Å². The predicted molar refractivity (Wildman–Crippen MR) is 61.4 cm³/mol. The summed E-state index contributed by atoms with van der Waals surface area (Å²) in [6.45, 7) is 0. The summed E-state index contributed by atoms with van der Waals surface area (Å²) in [5.74, 6) is -0.135. The second-order valence-electron chi connectivity index (χ2n) is 3.46. The minimum atomic E-state index is -3.50. The molecule has 1 aromatic heterocycles. The Labute approximate surface area is 92.7 Å². The van der Waals surface area contributed by atoms with Gasteiger partial charge in [0.2, 0.25) is 9.05 Å². The predicted octanol–water partition coefficient (Wildman–Crippen LogP) is 2.25. The van der Waals surface area contributed by atoms with E-state index in [2.05, 4.69) is 0 Å². The van der Waals surface area contributed by atoms with Gasteiger partial charge in [-0.05, 0) is 17.0 Å². The Kier molecular flexibility index (Phi) is 2.48. The van der Waals surface area contributed by atoms with Gasteiger partial charge in [0.15, 0.2) is 0 Å². The maximum atomic E-state index is 11.0. The van der Waals surface area contributed by atoms with Crippen LogP contribution in [0.5, 0.6) is 0 Å². The van der Waals surface area contributed by atoms with Gasteiger partial charge in [-0.2, -0.15) is 0 Å². The summed E-state index contributed by atoms with van der Waals surface area (Å²) in [7, 11) is 3.63. The van der Waals surface area contributed by atoms with Crippen molar-refractivity contribution in [3.8, 4) is 0 Å². The summed E-state index contributed by atoms with van der Waals surface area (Å²) in [5, 5.41) is 1.02. The lowest BCUT2D eigenvalue weighted by atomic mass is 10.2. The molecule has 3 nitrogen and oxygen atoms in total. The molecule has 0 saturated carbocycles. The second kappa shape index (κ2) is 3.54.